The number of alkyl halides is 1. The van der Waals surface area contributed by atoms with Crippen LogP contribution in [0.25, 0.3) is 0 Å². The van der Waals surface area contributed by atoms with Crippen LogP contribution in [0.2, 0.25) is 0 Å². The number of hydrogen-bond donors (Lipinski definition) is 2. The summed E-state index contributed by atoms with van der Waals surface area (Å²) in [5.41, 5.74) is -1.50. The minimum absolute atomic E-state index is 0. The summed E-state index contributed by atoms with van der Waals surface area (Å²) in [6, 6.07) is 0. The van der Waals surface area contributed by atoms with Gasteiger partial charge in [0.1, 0.15) is 9.71 Å². The molecule has 1 heterocycles. The summed E-state index contributed by atoms with van der Waals surface area (Å²) in [6.07, 6.45) is -0.640. The number of aliphatic hydroxyl groups is 2. The Kier molecular flexibility index (Phi) is 7.19. The van der Waals surface area contributed by atoms with Crippen LogP contribution in [0.15, 0.2) is 0 Å². The maximum atomic E-state index is 10.7. The zero-order valence-electron chi connectivity index (χ0n) is 8.42. The standard InChI is InChI=1S/C5H8INO5S.2Al.4H/c6-4(9)5(10)2-7(13(11)12)1-3(5)8;;;;;;/h3-4,9-10H,1-2H2;;;;;;/q-2;2*+1;;;;/t3-,4+,5-;;;;;;/m0....../s1. The molecular formula is C5H12Al2INO5S. The normalized spacial score (nSPS) is 34.0. The first-order valence-corrected chi connectivity index (χ1v) is 6.93. The Morgan fingerprint density at radius 1 is 1.67 bits per heavy atom. The number of halogens is 1. The molecule has 0 saturated carbocycles. The van der Waals surface area contributed by atoms with Gasteiger partial charge in [-0.25, -0.2) is 0 Å². The number of rotatable bonds is 3. The van der Waals surface area contributed by atoms with Gasteiger partial charge in [0, 0.05) is 13.1 Å². The van der Waals surface area contributed by atoms with Crippen molar-refractivity contribution in [1.82, 2.24) is 4.31 Å². The average molecular weight is 379 g/mol. The van der Waals surface area contributed by atoms with Gasteiger partial charge < -0.3 is 26.7 Å². The van der Waals surface area contributed by atoms with Gasteiger partial charge in [-0.2, -0.15) is 0 Å². The number of β-amino-alcohol motifs (C(OH)–C–C–N with tert-alkyl or cyclic N) is 1. The second kappa shape index (κ2) is 6.50. The summed E-state index contributed by atoms with van der Waals surface area (Å²) >= 11 is 2.03. The van der Waals surface area contributed by atoms with E-state index in [2.05, 4.69) is 0 Å². The van der Waals surface area contributed by atoms with Gasteiger partial charge in [-0.3, -0.25) is 0 Å². The van der Waals surface area contributed by atoms with E-state index in [9.17, 15) is 18.6 Å². The van der Waals surface area contributed by atoms with E-state index in [-0.39, 0.29) is 30.5 Å². The van der Waals surface area contributed by atoms with E-state index >= 15 is 0 Å². The van der Waals surface area contributed by atoms with Crippen molar-refractivity contribution in [2.75, 3.05) is 13.1 Å². The molecule has 1 fully saturated rings. The topological polar surface area (TPSA) is 87.1 Å². The molecule has 3 atom stereocenters. The van der Waals surface area contributed by atoms with E-state index in [0.717, 1.165) is 4.31 Å². The summed E-state index contributed by atoms with van der Waals surface area (Å²) in [5, 5.41) is 19.3. The fourth-order valence-electron chi connectivity index (χ4n) is 1.41. The van der Waals surface area contributed by atoms with Crippen molar-refractivity contribution in [1.29, 1.82) is 0 Å². The van der Waals surface area contributed by atoms with Gasteiger partial charge in [-0.05, 0) is 33.5 Å². The first-order chi connectivity index (χ1) is 6.41. The van der Waals surface area contributed by atoms with Gasteiger partial charge >= 0.3 is 34.0 Å². The van der Waals surface area contributed by atoms with E-state index in [1.807, 2.05) is 0 Å². The summed E-state index contributed by atoms with van der Waals surface area (Å²) in [7, 11) is -2.38. The van der Waals surface area contributed by atoms with E-state index in [1.54, 1.807) is 22.6 Å². The Bertz CT molecular complexity index is 283. The number of aliphatic hydroxyl groups excluding tert-OH is 1. The van der Waals surface area contributed by atoms with Crippen LogP contribution in [0.3, 0.4) is 0 Å². The molecule has 0 amide bonds. The molecule has 0 aromatic carbocycles. The third kappa shape index (κ3) is 3.52. The van der Waals surface area contributed by atoms with Gasteiger partial charge in [0.2, 0.25) is 0 Å². The van der Waals surface area contributed by atoms with Crippen LogP contribution >= 0.6 is 22.6 Å². The zero-order valence-corrected chi connectivity index (χ0v) is 15.4. The second-order valence-electron chi connectivity index (χ2n) is 3.09. The monoisotopic (exact) mass is 379 g/mol. The van der Waals surface area contributed by atoms with E-state index in [1.165, 1.54) is 0 Å². The van der Waals surface area contributed by atoms with Crippen LogP contribution in [0.4, 0.5) is 0 Å². The molecule has 0 spiro atoms. The predicted molar refractivity (Wildman–Crippen MR) is 67.2 cm³/mol. The first-order valence-electron chi connectivity index (χ1n) is 3.83. The third-order valence-corrected chi connectivity index (χ3v) is 4.61. The molecule has 1 rings (SSSR count). The van der Waals surface area contributed by atoms with Gasteiger partial charge in [0.15, 0.2) is 0 Å². The van der Waals surface area contributed by atoms with Crippen LogP contribution in [0.1, 0.15) is 0 Å². The van der Waals surface area contributed by atoms with E-state index < -0.39 is 26.7 Å². The maximum absolute atomic E-state index is 10.7. The van der Waals surface area contributed by atoms with E-state index in [4.69, 9.17) is 3.79 Å². The molecular weight excluding hydrogens is 367 g/mol. The predicted octanol–water partition coefficient (Wildman–Crippen LogP) is -2.97. The Hall–Kier alpha value is 1.58. The van der Waals surface area contributed by atoms with Crippen LogP contribution < -0.4 is 0 Å². The SMILES string of the molecule is O=[S-](=O)N1C[C@H]([O][AlH2])[C@](O)([C@@H](O)I)C1.[AlH2+]. The molecule has 1 aliphatic heterocycles. The van der Waals surface area contributed by atoms with Gasteiger partial charge in [-0.1, -0.05) is 0 Å². The van der Waals surface area contributed by atoms with Crippen molar-refractivity contribution in [3.05, 3.63) is 0 Å². The number of hydrogen-bond acceptors (Lipinski definition) is 6. The number of nitrogens with zero attached hydrogens (tertiary/aromatic N) is 1. The quantitative estimate of drug-likeness (QED) is 0.237. The van der Waals surface area contributed by atoms with Crippen molar-refractivity contribution in [3.63, 3.8) is 0 Å². The molecule has 0 aromatic rings. The Labute approximate surface area is 122 Å². The fraction of sp³-hybridized carbons (Fsp3) is 1.00. The van der Waals surface area contributed by atoms with Crippen molar-refractivity contribution in [3.8, 4) is 0 Å². The molecule has 6 nitrogen and oxygen atoms in total. The molecule has 86 valence electrons. The first kappa shape index (κ1) is 16.6. The Morgan fingerprint density at radius 3 is 2.47 bits per heavy atom. The summed E-state index contributed by atoms with van der Waals surface area (Å²) < 4.78 is 26.4. The molecule has 10 heteroatoms. The molecule has 0 aliphatic carbocycles. The molecule has 0 unspecified atom stereocenters. The Balaban J connectivity index is 0.00000196. The molecule has 0 aromatic heterocycles. The Morgan fingerprint density at radius 2 is 2.20 bits per heavy atom. The van der Waals surface area contributed by atoms with Crippen LogP contribution in [0, 0.1) is 0 Å². The van der Waals surface area contributed by atoms with Gasteiger partial charge in [0.25, 0.3) is 0 Å². The van der Waals surface area contributed by atoms with Crippen LogP contribution in [-0.4, -0.2) is 77.4 Å². The van der Waals surface area contributed by atoms with Crippen LogP contribution in [-0.2, 0) is 23.1 Å². The molecule has 0 radical (unpaired) electrons. The van der Waals surface area contributed by atoms with Crippen molar-refractivity contribution in [2.45, 2.75) is 15.8 Å². The summed E-state index contributed by atoms with van der Waals surface area (Å²) in [6.45, 7) is -0.0315. The van der Waals surface area contributed by atoms with Gasteiger partial charge in [-0.15, -0.1) is 0 Å². The fourth-order valence-corrected chi connectivity index (χ4v) is 3.14. The molecule has 2 N–H and O–H groups in total. The zero-order chi connectivity index (χ0) is 10.9. The van der Waals surface area contributed by atoms with E-state index in [0.29, 0.717) is 16.6 Å². The van der Waals surface area contributed by atoms with Crippen LogP contribution in [0.5, 0.6) is 0 Å². The molecule has 1 aliphatic rings. The van der Waals surface area contributed by atoms with Crippen molar-refractivity contribution < 1.29 is 22.4 Å². The summed E-state index contributed by atoms with van der Waals surface area (Å²) in [5.74, 6) is 0. The molecule has 15 heavy (non-hydrogen) atoms. The summed E-state index contributed by atoms with van der Waals surface area (Å²) in [4.78, 5) is 0. The third-order valence-electron chi connectivity index (χ3n) is 2.26. The average Bonchev–Trinajstić information content (AvgIpc) is 2.44. The minimum atomic E-state index is -2.38. The van der Waals surface area contributed by atoms with Crippen molar-refractivity contribution >= 4 is 67.5 Å². The molecule has 1 saturated heterocycles. The molecule has 0 bridgehead atoms. The van der Waals surface area contributed by atoms with Gasteiger partial charge in [0.05, 0.1) is 6.10 Å². The second-order valence-corrected chi connectivity index (χ2v) is 5.69. The van der Waals surface area contributed by atoms with Crippen molar-refractivity contribution in [2.24, 2.45) is 0 Å².